The molecule has 0 saturated heterocycles. The van der Waals surface area contributed by atoms with Crippen LogP contribution in [-0.2, 0) is 14.3 Å². The molecule has 0 aliphatic rings. The third-order valence-corrected chi connectivity index (χ3v) is 1.05. The van der Waals surface area contributed by atoms with Crippen LogP contribution in [-0.4, -0.2) is 30.7 Å². The summed E-state index contributed by atoms with van der Waals surface area (Å²) in [5.41, 5.74) is 0.462. The molecule has 5 nitrogen and oxygen atoms in total. The van der Waals surface area contributed by atoms with Crippen molar-refractivity contribution in [2.24, 2.45) is 0 Å². The first-order valence-corrected chi connectivity index (χ1v) is 3.28. The number of nitrogens with one attached hydrogen (secondary N) is 1. The third kappa shape index (κ3) is 10.0. The first-order chi connectivity index (χ1) is 5.56. The summed E-state index contributed by atoms with van der Waals surface area (Å²) in [5.74, 6) is -1.49. The van der Waals surface area contributed by atoms with E-state index in [2.05, 4.69) is 10.1 Å². The summed E-state index contributed by atoms with van der Waals surface area (Å²) in [6.45, 7) is 1.37. The van der Waals surface area contributed by atoms with Gasteiger partial charge >= 0.3 is 63.3 Å². The van der Waals surface area contributed by atoms with Gasteiger partial charge in [-0.2, -0.15) is 0 Å². The fraction of sp³-hybridized carbons (Fsp3) is 0.429. The minimum atomic E-state index is -0.979. The first kappa shape index (κ1) is 15.6. The number of carboxylic acids is 1. The Morgan fingerprint density at radius 3 is 2.54 bits per heavy atom. The number of ether oxygens (including phenoxy) is 1. The van der Waals surface area contributed by atoms with E-state index in [1.54, 1.807) is 6.92 Å². The van der Waals surface area contributed by atoms with Crippen LogP contribution in [0.4, 0.5) is 0 Å². The average molecular weight is 213 g/mol. The van der Waals surface area contributed by atoms with Crippen molar-refractivity contribution in [2.45, 2.75) is 6.92 Å². The summed E-state index contributed by atoms with van der Waals surface area (Å²) >= 11 is 0. The standard InChI is InChI=1S/C7H11NO4.K.H/c1-5(3-7(11)12-2)8-4-6(9)10;;/h3,8H,4H2,1-2H3,(H,9,10);;/q;+1;-1/b5-3+;;. The SMILES string of the molecule is COC(=O)/C=C(\C)NCC(=O)O.[H-].[K+]. The summed E-state index contributed by atoms with van der Waals surface area (Å²) in [5, 5.41) is 10.8. The zero-order valence-electron chi connectivity index (χ0n) is 8.96. The van der Waals surface area contributed by atoms with Gasteiger partial charge in [-0.15, -0.1) is 0 Å². The van der Waals surface area contributed by atoms with Crippen molar-refractivity contribution >= 4 is 11.9 Å². The second-order valence-electron chi connectivity index (χ2n) is 2.10. The minimum absolute atomic E-state index is 0. The second-order valence-corrected chi connectivity index (χ2v) is 2.10. The molecule has 0 heterocycles. The maximum atomic E-state index is 10.6. The maximum absolute atomic E-state index is 10.6. The van der Waals surface area contributed by atoms with E-state index in [0.717, 1.165) is 0 Å². The van der Waals surface area contributed by atoms with Crippen molar-refractivity contribution < 1.29 is 72.2 Å². The van der Waals surface area contributed by atoms with E-state index in [9.17, 15) is 9.59 Å². The largest absolute Gasteiger partial charge is 1.00 e. The molecule has 0 fully saturated rings. The molecule has 0 aliphatic heterocycles. The smallest absolute Gasteiger partial charge is 1.00 e. The zero-order chi connectivity index (χ0) is 9.56. The van der Waals surface area contributed by atoms with E-state index >= 15 is 0 Å². The molecule has 0 saturated carbocycles. The topological polar surface area (TPSA) is 75.6 Å². The van der Waals surface area contributed by atoms with Crippen LogP contribution in [0.2, 0.25) is 0 Å². The van der Waals surface area contributed by atoms with Gasteiger partial charge < -0.3 is 16.6 Å². The number of carbonyl (C=O) groups excluding carboxylic acids is 1. The van der Waals surface area contributed by atoms with Gasteiger partial charge in [0.15, 0.2) is 0 Å². The Morgan fingerprint density at radius 2 is 2.15 bits per heavy atom. The van der Waals surface area contributed by atoms with Gasteiger partial charge in [0.25, 0.3) is 0 Å². The van der Waals surface area contributed by atoms with Gasteiger partial charge in [-0.3, -0.25) is 4.79 Å². The molecule has 70 valence electrons. The van der Waals surface area contributed by atoms with Gasteiger partial charge in [0.05, 0.1) is 7.11 Å². The maximum Gasteiger partial charge on any atom is 1.00 e. The molecule has 0 radical (unpaired) electrons. The normalized spacial score (nSPS) is 9.85. The van der Waals surface area contributed by atoms with Crippen LogP contribution in [0.3, 0.4) is 0 Å². The van der Waals surface area contributed by atoms with Crippen LogP contribution in [0.15, 0.2) is 11.8 Å². The Morgan fingerprint density at radius 1 is 1.62 bits per heavy atom. The summed E-state index contributed by atoms with van der Waals surface area (Å²) < 4.78 is 4.32. The Balaban J connectivity index is -0.000000605. The van der Waals surface area contributed by atoms with Crippen LogP contribution in [0.5, 0.6) is 0 Å². The number of aliphatic carboxylic acids is 1. The monoisotopic (exact) mass is 213 g/mol. The van der Waals surface area contributed by atoms with E-state index in [4.69, 9.17) is 5.11 Å². The van der Waals surface area contributed by atoms with Gasteiger partial charge in [-0.25, -0.2) is 4.79 Å². The number of esters is 1. The summed E-state index contributed by atoms with van der Waals surface area (Å²) in [6.07, 6.45) is 1.18. The Kier molecular flexibility index (Phi) is 10.4. The molecule has 0 rings (SSSR count). The van der Waals surface area contributed by atoms with Crippen molar-refractivity contribution in [3.05, 3.63) is 11.8 Å². The van der Waals surface area contributed by atoms with Crippen LogP contribution < -0.4 is 56.7 Å². The molecule has 6 heteroatoms. The molecule has 0 unspecified atom stereocenters. The quantitative estimate of drug-likeness (QED) is 0.293. The van der Waals surface area contributed by atoms with E-state index in [1.807, 2.05) is 0 Å². The van der Waals surface area contributed by atoms with E-state index in [-0.39, 0.29) is 59.4 Å². The number of hydrogen-bond donors (Lipinski definition) is 2. The van der Waals surface area contributed by atoms with Crippen molar-refractivity contribution in [3.8, 4) is 0 Å². The molecule has 0 bridgehead atoms. The number of carboxylic acid groups (broad SMARTS) is 1. The van der Waals surface area contributed by atoms with Crippen LogP contribution in [0.25, 0.3) is 0 Å². The van der Waals surface area contributed by atoms with Gasteiger partial charge in [-0.1, -0.05) is 0 Å². The molecule has 0 amide bonds. The molecule has 0 aliphatic carbocycles. The fourth-order valence-electron chi connectivity index (χ4n) is 0.502. The van der Waals surface area contributed by atoms with Gasteiger partial charge in [0.1, 0.15) is 6.54 Å². The average Bonchev–Trinajstić information content (AvgIpc) is 2.00. The summed E-state index contributed by atoms with van der Waals surface area (Å²) in [4.78, 5) is 20.6. The molecular formula is C7H12KNO4. The molecule has 0 spiro atoms. The zero-order valence-corrected chi connectivity index (χ0v) is 11.1. The number of carbonyl (C=O) groups is 2. The second kappa shape index (κ2) is 8.70. The van der Waals surface area contributed by atoms with Crippen molar-refractivity contribution in [2.75, 3.05) is 13.7 Å². The van der Waals surface area contributed by atoms with Crippen molar-refractivity contribution in [3.63, 3.8) is 0 Å². The number of rotatable bonds is 4. The van der Waals surface area contributed by atoms with Crippen LogP contribution >= 0.6 is 0 Å². The van der Waals surface area contributed by atoms with E-state index < -0.39 is 11.9 Å². The van der Waals surface area contributed by atoms with Crippen molar-refractivity contribution in [1.82, 2.24) is 5.32 Å². The predicted octanol–water partition coefficient (Wildman–Crippen LogP) is -3.15. The molecule has 0 atom stereocenters. The minimum Gasteiger partial charge on any atom is -1.00 e. The molecule has 0 aromatic carbocycles. The van der Waals surface area contributed by atoms with Gasteiger partial charge in [0.2, 0.25) is 0 Å². The van der Waals surface area contributed by atoms with Crippen molar-refractivity contribution in [1.29, 1.82) is 0 Å². The molecule has 0 aromatic rings. The van der Waals surface area contributed by atoms with Crippen LogP contribution in [0, 0.1) is 0 Å². The van der Waals surface area contributed by atoms with E-state index in [1.165, 1.54) is 13.2 Å². The molecule has 13 heavy (non-hydrogen) atoms. The number of methoxy groups -OCH3 is 1. The summed E-state index contributed by atoms with van der Waals surface area (Å²) in [7, 11) is 1.25. The van der Waals surface area contributed by atoms with E-state index in [0.29, 0.717) is 5.70 Å². The Labute approximate surface area is 120 Å². The van der Waals surface area contributed by atoms with Gasteiger partial charge in [0, 0.05) is 11.8 Å². The van der Waals surface area contributed by atoms with Gasteiger partial charge in [-0.05, 0) is 6.92 Å². The number of hydrogen-bond acceptors (Lipinski definition) is 4. The first-order valence-electron chi connectivity index (χ1n) is 3.28. The fourth-order valence-corrected chi connectivity index (χ4v) is 0.502. The summed E-state index contributed by atoms with van der Waals surface area (Å²) in [6, 6.07) is 0. The third-order valence-electron chi connectivity index (χ3n) is 1.05. The van der Waals surface area contributed by atoms with Crippen LogP contribution in [0.1, 0.15) is 8.35 Å². The molecular weight excluding hydrogens is 201 g/mol. The molecule has 2 N–H and O–H groups in total. The number of allylic oxidation sites excluding steroid dienone is 1. The molecule has 0 aromatic heterocycles. The Bertz CT molecular complexity index is 220. The predicted molar refractivity (Wildman–Crippen MR) is 42.5 cm³/mol. The Hall–Kier alpha value is 0.116.